The van der Waals surface area contributed by atoms with Crippen molar-refractivity contribution >= 4 is 33.4 Å². The van der Waals surface area contributed by atoms with Crippen LogP contribution in [-0.4, -0.2) is 38.0 Å². The van der Waals surface area contributed by atoms with Crippen LogP contribution in [0.5, 0.6) is 0 Å². The molecule has 2 aromatic carbocycles. The predicted octanol–water partition coefficient (Wildman–Crippen LogP) is 3.37. The Kier molecular flexibility index (Phi) is 6.64. The second-order valence-electron chi connectivity index (χ2n) is 5.52. The number of nitrogens with one attached hydrogen (secondary N) is 1. The van der Waals surface area contributed by atoms with Gasteiger partial charge in [0.2, 0.25) is 15.9 Å². The Morgan fingerprint density at radius 3 is 2.44 bits per heavy atom. The van der Waals surface area contributed by atoms with E-state index in [0.29, 0.717) is 5.69 Å². The number of amides is 1. The Balaban J connectivity index is 2.12. The molecule has 5 nitrogen and oxygen atoms in total. The number of carbonyl (C=O) groups is 1. The first-order valence-electron chi connectivity index (χ1n) is 7.87. The molecule has 0 atom stereocenters. The van der Waals surface area contributed by atoms with Gasteiger partial charge in [-0.1, -0.05) is 30.7 Å². The fourth-order valence-electron chi connectivity index (χ4n) is 2.29. The minimum Gasteiger partial charge on any atom is -0.325 e. The number of hydrogen-bond donors (Lipinski definition) is 1. The van der Waals surface area contributed by atoms with E-state index in [1.807, 2.05) is 31.4 Å². The molecule has 0 aliphatic carbocycles. The Labute approximate surface area is 153 Å². The van der Waals surface area contributed by atoms with E-state index < -0.39 is 10.0 Å². The Morgan fingerprint density at radius 1 is 1.16 bits per heavy atom. The minimum absolute atomic E-state index is 0.192. The van der Waals surface area contributed by atoms with E-state index in [4.69, 9.17) is 0 Å². The largest absolute Gasteiger partial charge is 0.325 e. The number of hydrogen-bond acceptors (Lipinski definition) is 4. The fourth-order valence-corrected chi connectivity index (χ4v) is 4.15. The van der Waals surface area contributed by atoms with E-state index >= 15 is 0 Å². The van der Waals surface area contributed by atoms with E-state index in [1.54, 1.807) is 49.0 Å². The first-order chi connectivity index (χ1) is 11.9. The van der Waals surface area contributed by atoms with Crippen molar-refractivity contribution in [2.24, 2.45) is 0 Å². The summed E-state index contributed by atoms with van der Waals surface area (Å²) in [6.45, 7) is 3.60. The number of rotatable bonds is 7. The zero-order chi connectivity index (χ0) is 18.4. The SMILES string of the molecule is CCN(CC(=O)Nc1cccc(SC)c1)S(=O)(=O)c1ccc(C)cc1. The summed E-state index contributed by atoms with van der Waals surface area (Å²) in [5.41, 5.74) is 1.63. The van der Waals surface area contributed by atoms with E-state index in [0.717, 1.165) is 10.5 Å². The van der Waals surface area contributed by atoms with Gasteiger partial charge in [0.1, 0.15) is 0 Å². The summed E-state index contributed by atoms with van der Waals surface area (Å²) < 4.78 is 26.6. The maximum absolute atomic E-state index is 12.7. The molecule has 0 heterocycles. The van der Waals surface area contributed by atoms with Crippen molar-refractivity contribution in [1.82, 2.24) is 4.31 Å². The third-order valence-corrected chi connectivity index (χ3v) is 6.35. The summed E-state index contributed by atoms with van der Waals surface area (Å²) in [6, 6.07) is 14.0. The van der Waals surface area contributed by atoms with Gasteiger partial charge in [0.15, 0.2) is 0 Å². The van der Waals surface area contributed by atoms with Crippen LogP contribution in [-0.2, 0) is 14.8 Å². The molecule has 1 amide bonds. The van der Waals surface area contributed by atoms with Gasteiger partial charge in [-0.25, -0.2) is 8.42 Å². The van der Waals surface area contributed by atoms with Crippen molar-refractivity contribution in [3.8, 4) is 0 Å². The fraction of sp³-hybridized carbons (Fsp3) is 0.278. The monoisotopic (exact) mass is 378 g/mol. The quantitative estimate of drug-likeness (QED) is 0.750. The summed E-state index contributed by atoms with van der Waals surface area (Å²) in [5, 5.41) is 2.76. The molecule has 25 heavy (non-hydrogen) atoms. The second kappa shape index (κ2) is 8.51. The molecule has 0 aliphatic rings. The highest BCUT2D eigenvalue weighted by Crippen LogP contribution is 2.20. The van der Waals surface area contributed by atoms with Crippen molar-refractivity contribution in [2.75, 3.05) is 24.7 Å². The first-order valence-corrected chi connectivity index (χ1v) is 10.5. The molecule has 0 radical (unpaired) electrons. The summed E-state index contributed by atoms with van der Waals surface area (Å²) in [7, 11) is -3.70. The highest BCUT2D eigenvalue weighted by atomic mass is 32.2. The van der Waals surface area contributed by atoms with Gasteiger partial charge >= 0.3 is 0 Å². The summed E-state index contributed by atoms with van der Waals surface area (Å²) in [4.78, 5) is 13.5. The van der Waals surface area contributed by atoms with Gasteiger partial charge in [-0.2, -0.15) is 4.31 Å². The highest BCUT2D eigenvalue weighted by molar-refractivity contribution is 7.98. The molecule has 0 unspecified atom stereocenters. The molecule has 0 fully saturated rings. The first kappa shape index (κ1) is 19.5. The average molecular weight is 379 g/mol. The van der Waals surface area contributed by atoms with Crippen molar-refractivity contribution < 1.29 is 13.2 Å². The Hall–Kier alpha value is -1.83. The molecule has 0 spiro atoms. The van der Waals surface area contributed by atoms with Crippen molar-refractivity contribution in [3.05, 3.63) is 54.1 Å². The van der Waals surface area contributed by atoms with E-state index in [2.05, 4.69) is 5.32 Å². The molecule has 0 aliphatic heterocycles. The lowest BCUT2D eigenvalue weighted by atomic mass is 10.2. The van der Waals surface area contributed by atoms with Crippen molar-refractivity contribution in [1.29, 1.82) is 0 Å². The molecular formula is C18H22N2O3S2. The van der Waals surface area contributed by atoms with Gasteiger partial charge in [-0.05, 0) is 43.5 Å². The molecular weight excluding hydrogens is 356 g/mol. The van der Waals surface area contributed by atoms with Gasteiger partial charge in [0, 0.05) is 17.1 Å². The van der Waals surface area contributed by atoms with Crippen LogP contribution in [0.1, 0.15) is 12.5 Å². The van der Waals surface area contributed by atoms with Crippen molar-refractivity contribution in [2.45, 2.75) is 23.6 Å². The second-order valence-corrected chi connectivity index (χ2v) is 8.34. The predicted molar refractivity (Wildman–Crippen MR) is 102 cm³/mol. The molecule has 7 heteroatoms. The Morgan fingerprint density at radius 2 is 1.84 bits per heavy atom. The number of anilines is 1. The standard InChI is InChI=1S/C18H22N2O3S2/c1-4-20(25(22,23)17-10-8-14(2)9-11-17)13-18(21)19-15-6-5-7-16(12-15)24-3/h5-12H,4,13H2,1-3H3,(H,19,21). The lowest BCUT2D eigenvalue weighted by molar-refractivity contribution is -0.116. The lowest BCUT2D eigenvalue weighted by Gasteiger charge is -2.20. The van der Waals surface area contributed by atoms with Crippen LogP contribution in [0.25, 0.3) is 0 Å². The Bertz CT molecular complexity index is 834. The average Bonchev–Trinajstić information content (AvgIpc) is 2.60. The number of likely N-dealkylation sites (N-methyl/N-ethyl adjacent to an activating group) is 1. The molecule has 2 rings (SSSR count). The maximum atomic E-state index is 12.7. The van der Waals surface area contributed by atoms with Gasteiger partial charge < -0.3 is 5.32 Å². The third kappa shape index (κ3) is 5.07. The number of aryl methyl sites for hydroxylation is 1. The molecule has 2 aromatic rings. The van der Waals surface area contributed by atoms with Crippen LogP contribution in [0, 0.1) is 6.92 Å². The van der Waals surface area contributed by atoms with E-state index in [9.17, 15) is 13.2 Å². The number of benzene rings is 2. The number of nitrogens with zero attached hydrogens (tertiary/aromatic N) is 1. The summed E-state index contributed by atoms with van der Waals surface area (Å²) in [6.07, 6.45) is 1.95. The van der Waals surface area contributed by atoms with Crippen molar-refractivity contribution in [3.63, 3.8) is 0 Å². The van der Waals surface area contributed by atoms with Gasteiger partial charge in [0.05, 0.1) is 11.4 Å². The third-order valence-electron chi connectivity index (χ3n) is 3.68. The van der Waals surface area contributed by atoms with E-state index in [-0.39, 0.29) is 23.9 Å². The smallest absolute Gasteiger partial charge is 0.243 e. The van der Waals surface area contributed by atoms with Crippen LogP contribution >= 0.6 is 11.8 Å². The normalized spacial score (nSPS) is 11.5. The lowest BCUT2D eigenvalue weighted by Crippen LogP contribution is -2.37. The summed E-state index contributed by atoms with van der Waals surface area (Å²) in [5.74, 6) is -0.365. The van der Waals surface area contributed by atoms with Crippen LogP contribution in [0.2, 0.25) is 0 Å². The highest BCUT2D eigenvalue weighted by Gasteiger charge is 2.25. The zero-order valence-corrected chi connectivity index (χ0v) is 16.2. The number of thioether (sulfide) groups is 1. The molecule has 0 saturated carbocycles. The van der Waals surface area contributed by atoms with Crippen LogP contribution < -0.4 is 5.32 Å². The summed E-state index contributed by atoms with van der Waals surface area (Å²) >= 11 is 1.57. The minimum atomic E-state index is -3.70. The van der Waals surface area contributed by atoms with Crippen LogP contribution in [0.4, 0.5) is 5.69 Å². The van der Waals surface area contributed by atoms with Gasteiger partial charge in [0.25, 0.3) is 0 Å². The van der Waals surface area contributed by atoms with Gasteiger partial charge in [-0.15, -0.1) is 11.8 Å². The molecule has 1 N–H and O–H groups in total. The topological polar surface area (TPSA) is 66.5 Å². The number of carbonyl (C=O) groups excluding carboxylic acids is 1. The van der Waals surface area contributed by atoms with Crippen LogP contribution in [0.3, 0.4) is 0 Å². The number of sulfonamides is 1. The molecule has 0 aromatic heterocycles. The molecule has 0 bridgehead atoms. The van der Waals surface area contributed by atoms with Gasteiger partial charge in [-0.3, -0.25) is 4.79 Å². The van der Waals surface area contributed by atoms with E-state index in [1.165, 1.54) is 4.31 Å². The molecule has 134 valence electrons. The molecule has 0 saturated heterocycles. The van der Waals surface area contributed by atoms with Crippen LogP contribution in [0.15, 0.2) is 58.3 Å². The zero-order valence-electron chi connectivity index (χ0n) is 14.5. The maximum Gasteiger partial charge on any atom is 0.243 e.